The van der Waals surface area contributed by atoms with Gasteiger partial charge in [-0.3, -0.25) is 9.59 Å². The van der Waals surface area contributed by atoms with Crippen molar-refractivity contribution in [2.45, 2.75) is 18.9 Å². The zero-order chi connectivity index (χ0) is 17.9. The summed E-state index contributed by atoms with van der Waals surface area (Å²) in [7, 11) is 0. The zero-order valence-corrected chi connectivity index (χ0v) is 14.2. The van der Waals surface area contributed by atoms with Crippen molar-refractivity contribution in [1.29, 1.82) is 0 Å². The van der Waals surface area contributed by atoms with Crippen LogP contribution in [-0.4, -0.2) is 40.8 Å². The minimum Gasteiger partial charge on any atom is -0.472 e. The van der Waals surface area contributed by atoms with E-state index in [0.717, 1.165) is 23.7 Å². The van der Waals surface area contributed by atoms with Crippen LogP contribution in [0.3, 0.4) is 0 Å². The molecule has 1 fully saturated rings. The molecule has 0 saturated carbocycles. The summed E-state index contributed by atoms with van der Waals surface area (Å²) in [6.45, 7) is 1.22. The van der Waals surface area contributed by atoms with E-state index in [9.17, 15) is 9.59 Å². The maximum atomic E-state index is 12.5. The quantitative estimate of drug-likeness (QED) is 0.789. The van der Waals surface area contributed by atoms with Crippen LogP contribution in [0.5, 0.6) is 0 Å². The van der Waals surface area contributed by atoms with Crippen LogP contribution in [0.2, 0.25) is 0 Å². The standard InChI is InChI=1S/C20H19N3O3/c24-19(18-6-5-14-3-1-2-4-17(14)22-18)21-16-7-10-23(11-8-16)20(25)15-9-12-26-13-15/h1-6,9,12-13,16H,7-8,10-11H2,(H,21,24). The number of para-hydroxylation sites is 1. The predicted octanol–water partition coefficient (Wildman–Crippen LogP) is 2.86. The molecule has 4 rings (SSSR count). The van der Waals surface area contributed by atoms with Gasteiger partial charge in [-0.1, -0.05) is 24.3 Å². The van der Waals surface area contributed by atoms with Crippen LogP contribution in [-0.2, 0) is 0 Å². The Hall–Kier alpha value is -3.15. The Balaban J connectivity index is 1.36. The molecule has 6 heteroatoms. The third kappa shape index (κ3) is 3.31. The smallest absolute Gasteiger partial charge is 0.270 e. The molecule has 26 heavy (non-hydrogen) atoms. The normalized spacial score (nSPS) is 15.2. The number of amides is 2. The van der Waals surface area contributed by atoms with Gasteiger partial charge < -0.3 is 14.6 Å². The van der Waals surface area contributed by atoms with Crippen molar-refractivity contribution in [1.82, 2.24) is 15.2 Å². The summed E-state index contributed by atoms with van der Waals surface area (Å²) in [6.07, 6.45) is 4.41. The molecular formula is C20H19N3O3. The van der Waals surface area contributed by atoms with E-state index < -0.39 is 0 Å². The molecule has 2 aromatic heterocycles. The van der Waals surface area contributed by atoms with Crippen LogP contribution >= 0.6 is 0 Å². The molecule has 0 aliphatic carbocycles. The Morgan fingerprint density at radius 2 is 1.88 bits per heavy atom. The molecule has 2 amide bonds. The van der Waals surface area contributed by atoms with Gasteiger partial charge in [-0.25, -0.2) is 4.98 Å². The first-order valence-electron chi connectivity index (χ1n) is 8.69. The lowest BCUT2D eigenvalue weighted by Crippen LogP contribution is -2.46. The number of pyridine rings is 1. The second-order valence-corrected chi connectivity index (χ2v) is 6.44. The number of aromatic nitrogens is 1. The largest absolute Gasteiger partial charge is 0.472 e. The Kier molecular flexibility index (Phi) is 4.39. The van der Waals surface area contributed by atoms with Crippen LogP contribution in [0.25, 0.3) is 10.9 Å². The molecule has 0 spiro atoms. The second kappa shape index (κ2) is 7.00. The molecule has 1 aromatic carbocycles. The van der Waals surface area contributed by atoms with Gasteiger partial charge in [0.2, 0.25) is 0 Å². The van der Waals surface area contributed by atoms with Crippen molar-refractivity contribution in [3.05, 3.63) is 66.2 Å². The van der Waals surface area contributed by atoms with Crippen LogP contribution in [0, 0.1) is 0 Å². The molecule has 6 nitrogen and oxygen atoms in total. The van der Waals surface area contributed by atoms with Crippen molar-refractivity contribution in [3.8, 4) is 0 Å². The fourth-order valence-corrected chi connectivity index (χ4v) is 3.25. The summed E-state index contributed by atoms with van der Waals surface area (Å²) in [5.74, 6) is -0.199. The number of carbonyl (C=O) groups is 2. The molecule has 0 bridgehead atoms. The first kappa shape index (κ1) is 16.3. The van der Waals surface area contributed by atoms with Crippen molar-refractivity contribution >= 4 is 22.7 Å². The average molecular weight is 349 g/mol. The number of furan rings is 1. The summed E-state index contributed by atoms with van der Waals surface area (Å²) < 4.78 is 4.97. The summed E-state index contributed by atoms with van der Waals surface area (Å²) in [5, 5.41) is 4.05. The SMILES string of the molecule is O=C(NC1CCN(C(=O)c2ccoc2)CC1)c1ccc2ccccc2n1. The molecule has 1 aliphatic rings. The van der Waals surface area contributed by atoms with Gasteiger partial charge in [-0.2, -0.15) is 0 Å². The van der Waals surface area contributed by atoms with Gasteiger partial charge in [0.15, 0.2) is 0 Å². The van der Waals surface area contributed by atoms with Crippen LogP contribution in [0.15, 0.2) is 59.4 Å². The minimum absolute atomic E-state index is 0.0280. The van der Waals surface area contributed by atoms with E-state index in [1.807, 2.05) is 30.3 Å². The lowest BCUT2D eigenvalue weighted by atomic mass is 10.0. The fourth-order valence-electron chi connectivity index (χ4n) is 3.25. The number of fused-ring (bicyclic) bond motifs is 1. The van der Waals surface area contributed by atoms with E-state index >= 15 is 0 Å². The van der Waals surface area contributed by atoms with Crippen LogP contribution in [0.1, 0.15) is 33.7 Å². The number of nitrogens with one attached hydrogen (secondary N) is 1. The van der Waals surface area contributed by atoms with Crippen LogP contribution in [0.4, 0.5) is 0 Å². The van der Waals surface area contributed by atoms with Gasteiger partial charge >= 0.3 is 0 Å². The third-order valence-electron chi connectivity index (χ3n) is 4.72. The molecule has 3 aromatic rings. The highest BCUT2D eigenvalue weighted by Crippen LogP contribution is 2.16. The third-order valence-corrected chi connectivity index (χ3v) is 4.72. The van der Waals surface area contributed by atoms with Crippen molar-refractivity contribution in [2.24, 2.45) is 0 Å². The van der Waals surface area contributed by atoms with Gasteiger partial charge in [0.05, 0.1) is 17.3 Å². The van der Waals surface area contributed by atoms with E-state index in [1.165, 1.54) is 12.5 Å². The lowest BCUT2D eigenvalue weighted by Gasteiger charge is -2.32. The summed E-state index contributed by atoms with van der Waals surface area (Å²) >= 11 is 0. The average Bonchev–Trinajstić information content (AvgIpc) is 3.22. The number of piperidine rings is 1. The molecule has 3 heterocycles. The van der Waals surface area contributed by atoms with Gasteiger partial charge in [-0.05, 0) is 31.0 Å². The highest BCUT2D eigenvalue weighted by Gasteiger charge is 2.25. The fraction of sp³-hybridized carbons (Fsp3) is 0.250. The number of likely N-dealkylation sites (tertiary alicyclic amines) is 1. The van der Waals surface area contributed by atoms with E-state index in [1.54, 1.807) is 17.0 Å². The number of benzene rings is 1. The predicted molar refractivity (Wildman–Crippen MR) is 96.8 cm³/mol. The molecular weight excluding hydrogens is 330 g/mol. The molecule has 0 unspecified atom stereocenters. The highest BCUT2D eigenvalue weighted by atomic mass is 16.3. The van der Waals surface area contributed by atoms with E-state index in [0.29, 0.717) is 24.3 Å². The first-order valence-corrected chi connectivity index (χ1v) is 8.69. The molecule has 0 radical (unpaired) electrons. The van der Waals surface area contributed by atoms with Crippen LogP contribution < -0.4 is 5.32 Å². The Morgan fingerprint density at radius 3 is 2.65 bits per heavy atom. The monoisotopic (exact) mass is 349 g/mol. The highest BCUT2D eigenvalue weighted by molar-refractivity contribution is 5.95. The molecule has 1 aliphatic heterocycles. The van der Waals surface area contributed by atoms with E-state index in [4.69, 9.17) is 4.42 Å². The Labute approximate surface area is 150 Å². The molecule has 132 valence electrons. The van der Waals surface area contributed by atoms with Gasteiger partial charge in [0.1, 0.15) is 12.0 Å². The molecule has 1 N–H and O–H groups in total. The number of carbonyl (C=O) groups excluding carboxylic acids is 2. The van der Waals surface area contributed by atoms with Gasteiger partial charge in [0, 0.05) is 24.5 Å². The summed E-state index contributed by atoms with van der Waals surface area (Å²) in [5.41, 5.74) is 1.79. The maximum absolute atomic E-state index is 12.5. The summed E-state index contributed by atoms with van der Waals surface area (Å²) in [4.78, 5) is 31.0. The van der Waals surface area contributed by atoms with Gasteiger partial charge in [-0.15, -0.1) is 0 Å². The van der Waals surface area contributed by atoms with E-state index in [2.05, 4.69) is 10.3 Å². The number of rotatable bonds is 3. The van der Waals surface area contributed by atoms with Crippen molar-refractivity contribution in [3.63, 3.8) is 0 Å². The minimum atomic E-state index is -0.171. The lowest BCUT2D eigenvalue weighted by molar-refractivity contribution is 0.0697. The number of hydrogen-bond acceptors (Lipinski definition) is 4. The van der Waals surface area contributed by atoms with E-state index in [-0.39, 0.29) is 17.9 Å². The molecule has 0 atom stereocenters. The Bertz CT molecular complexity index is 928. The second-order valence-electron chi connectivity index (χ2n) is 6.44. The first-order chi connectivity index (χ1) is 12.7. The number of hydrogen-bond donors (Lipinski definition) is 1. The van der Waals surface area contributed by atoms with Crippen molar-refractivity contribution in [2.75, 3.05) is 13.1 Å². The Morgan fingerprint density at radius 1 is 1.08 bits per heavy atom. The maximum Gasteiger partial charge on any atom is 0.270 e. The zero-order valence-electron chi connectivity index (χ0n) is 14.2. The number of nitrogens with zero attached hydrogens (tertiary/aromatic N) is 2. The molecule has 1 saturated heterocycles. The van der Waals surface area contributed by atoms with Gasteiger partial charge in [0.25, 0.3) is 11.8 Å². The summed E-state index contributed by atoms with van der Waals surface area (Å²) in [6, 6.07) is 13.1. The van der Waals surface area contributed by atoms with Crippen molar-refractivity contribution < 1.29 is 14.0 Å². The topological polar surface area (TPSA) is 75.4 Å².